The summed E-state index contributed by atoms with van der Waals surface area (Å²) in [6.07, 6.45) is 5.84. The third kappa shape index (κ3) is 8.67. The monoisotopic (exact) mass is 476 g/mol. The van der Waals surface area contributed by atoms with E-state index in [1.807, 2.05) is 25.1 Å². The molecule has 5 nitrogen and oxygen atoms in total. The van der Waals surface area contributed by atoms with Crippen LogP contribution in [0.25, 0.3) is 0 Å². The molecule has 3 atom stereocenters. The average Bonchev–Trinajstić information content (AvgIpc) is 2.58. The van der Waals surface area contributed by atoms with E-state index >= 15 is 0 Å². The highest BCUT2D eigenvalue weighted by Gasteiger charge is 2.34. The van der Waals surface area contributed by atoms with Crippen LogP contribution in [-0.2, 0) is 4.79 Å². The Balaban J connectivity index is 1.94. The molecule has 1 heterocycles. The normalized spacial score (nSPS) is 23.4. The van der Waals surface area contributed by atoms with E-state index in [0.717, 1.165) is 18.5 Å². The van der Waals surface area contributed by atoms with Gasteiger partial charge in [0.2, 0.25) is 9.70 Å². The predicted octanol–water partition coefficient (Wildman–Crippen LogP) is 5.12. The zero-order valence-corrected chi connectivity index (χ0v) is 19.8. The van der Waals surface area contributed by atoms with Crippen molar-refractivity contribution in [3.63, 3.8) is 0 Å². The maximum Gasteiger partial charge on any atom is 0.245 e. The zero-order valence-electron chi connectivity index (χ0n) is 16.7. The number of hydrogen-bond donors (Lipinski definition) is 3. The number of pyridine rings is 1. The maximum atomic E-state index is 12.4. The summed E-state index contributed by atoms with van der Waals surface area (Å²) in [7, 11) is 0. The Hall–Kier alpha value is -1.08. The molecule has 3 N–H and O–H groups in total. The fraction of sp³-hybridized carbons (Fsp3) is 0.550. The fourth-order valence-electron chi connectivity index (χ4n) is 3.68. The van der Waals surface area contributed by atoms with Gasteiger partial charge in [0, 0.05) is 5.69 Å². The molecule has 1 saturated carbocycles. The minimum atomic E-state index is -1.80. The first kappa shape index (κ1) is 24.2. The lowest BCUT2D eigenvalue weighted by atomic mass is 9.76. The first-order chi connectivity index (χ1) is 13.5. The Morgan fingerprint density at radius 3 is 2.45 bits per heavy atom. The number of rotatable bonds is 5. The number of nitrogens with zero attached hydrogens (tertiary/aromatic N) is 1. The lowest BCUT2D eigenvalue weighted by Gasteiger charge is -2.29. The van der Waals surface area contributed by atoms with Gasteiger partial charge in [0.1, 0.15) is 12.0 Å². The number of thiocarbonyl (C=S) groups is 1. The largest absolute Gasteiger partial charge is 0.339 e. The van der Waals surface area contributed by atoms with Crippen molar-refractivity contribution in [3.8, 4) is 0 Å². The van der Waals surface area contributed by atoms with Gasteiger partial charge in [-0.1, -0.05) is 60.8 Å². The average molecular weight is 478 g/mol. The Morgan fingerprint density at radius 2 is 1.86 bits per heavy atom. The molecule has 1 aromatic rings. The summed E-state index contributed by atoms with van der Waals surface area (Å²) < 4.78 is -1.80. The number of allylic oxidation sites excluding steroid dienone is 1. The standard InChI is InChI=1S/C20H27Cl3N4OS/c1-12-9-13(2)11-15(10-12)7-8-17(28)26-18(20(21,22)23)27-19(29)25-16-6-4-5-14(3)24-16/h4-8,12-13,15,18H,9-11H2,1-3H3,(H,26,28)(H2,24,25,27,29)/b8-7+. The molecule has 0 saturated heterocycles. The molecule has 160 valence electrons. The van der Waals surface area contributed by atoms with E-state index in [-0.39, 0.29) is 11.0 Å². The van der Waals surface area contributed by atoms with Crippen molar-refractivity contribution in [2.24, 2.45) is 17.8 Å². The second kappa shape index (κ2) is 10.8. The highest BCUT2D eigenvalue weighted by atomic mass is 35.6. The number of carbonyl (C=O) groups excluding carboxylic acids is 1. The molecule has 1 amide bonds. The maximum absolute atomic E-state index is 12.4. The lowest BCUT2D eigenvalue weighted by molar-refractivity contribution is -0.117. The van der Waals surface area contributed by atoms with E-state index in [4.69, 9.17) is 47.0 Å². The molecule has 0 aromatic carbocycles. The van der Waals surface area contributed by atoms with E-state index in [0.29, 0.717) is 23.6 Å². The van der Waals surface area contributed by atoms with E-state index < -0.39 is 9.96 Å². The van der Waals surface area contributed by atoms with Gasteiger partial charge < -0.3 is 16.0 Å². The van der Waals surface area contributed by atoms with Crippen molar-refractivity contribution in [1.82, 2.24) is 15.6 Å². The van der Waals surface area contributed by atoms with Gasteiger partial charge in [-0.05, 0) is 74.4 Å². The van der Waals surface area contributed by atoms with E-state index in [1.54, 1.807) is 6.07 Å². The van der Waals surface area contributed by atoms with Crippen LogP contribution in [0.1, 0.15) is 38.8 Å². The second-order valence-corrected chi connectivity index (χ2v) is 10.6. The first-order valence-corrected chi connectivity index (χ1v) is 11.1. The van der Waals surface area contributed by atoms with Gasteiger partial charge in [0.15, 0.2) is 5.11 Å². The molecule has 1 aliphatic carbocycles. The van der Waals surface area contributed by atoms with Crippen LogP contribution >= 0.6 is 47.0 Å². The van der Waals surface area contributed by atoms with Gasteiger partial charge in [0.05, 0.1) is 0 Å². The van der Waals surface area contributed by atoms with Crippen molar-refractivity contribution in [1.29, 1.82) is 0 Å². The molecule has 0 bridgehead atoms. The van der Waals surface area contributed by atoms with Gasteiger partial charge in [-0.15, -0.1) is 0 Å². The summed E-state index contributed by atoms with van der Waals surface area (Å²) in [6.45, 7) is 6.36. The van der Waals surface area contributed by atoms with Crippen LogP contribution < -0.4 is 16.0 Å². The molecule has 1 aliphatic rings. The van der Waals surface area contributed by atoms with Crippen molar-refractivity contribution in [2.75, 3.05) is 5.32 Å². The van der Waals surface area contributed by atoms with E-state index in [2.05, 4.69) is 34.8 Å². The molecule has 1 aromatic heterocycles. The predicted molar refractivity (Wildman–Crippen MR) is 125 cm³/mol. The van der Waals surface area contributed by atoms with Crippen LogP contribution in [0.4, 0.5) is 5.82 Å². The Morgan fingerprint density at radius 1 is 1.21 bits per heavy atom. The van der Waals surface area contributed by atoms with Crippen LogP contribution in [0, 0.1) is 24.7 Å². The minimum absolute atomic E-state index is 0.179. The molecular formula is C20H27Cl3N4OS. The molecule has 9 heteroatoms. The van der Waals surface area contributed by atoms with Gasteiger partial charge in [-0.25, -0.2) is 4.98 Å². The number of alkyl halides is 3. The molecule has 0 spiro atoms. The molecule has 2 rings (SSSR count). The highest BCUT2D eigenvalue weighted by Crippen LogP contribution is 2.33. The van der Waals surface area contributed by atoms with Crippen molar-refractivity contribution >= 4 is 63.9 Å². The van der Waals surface area contributed by atoms with Crippen LogP contribution in [-0.4, -0.2) is 26.0 Å². The Kier molecular flexibility index (Phi) is 9.01. The molecule has 0 aliphatic heterocycles. The Bertz CT molecular complexity index is 743. The summed E-state index contributed by atoms with van der Waals surface area (Å²) >= 11 is 23.4. The Labute approximate surface area is 193 Å². The smallest absolute Gasteiger partial charge is 0.245 e. The number of anilines is 1. The summed E-state index contributed by atoms with van der Waals surface area (Å²) in [6, 6.07) is 5.48. The first-order valence-electron chi connectivity index (χ1n) is 9.59. The fourth-order valence-corrected chi connectivity index (χ4v) is 4.23. The van der Waals surface area contributed by atoms with Crippen LogP contribution in [0.2, 0.25) is 0 Å². The number of carbonyl (C=O) groups is 1. The third-order valence-electron chi connectivity index (χ3n) is 4.75. The number of nitrogens with one attached hydrogen (secondary N) is 3. The highest BCUT2D eigenvalue weighted by molar-refractivity contribution is 7.80. The van der Waals surface area contributed by atoms with Gasteiger partial charge in [0.25, 0.3) is 0 Å². The van der Waals surface area contributed by atoms with Gasteiger partial charge in [-0.3, -0.25) is 4.79 Å². The second-order valence-electron chi connectivity index (χ2n) is 7.78. The summed E-state index contributed by atoms with van der Waals surface area (Å²) in [5, 5.41) is 8.59. The third-order valence-corrected chi connectivity index (χ3v) is 5.63. The quantitative estimate of drug-likeness (QED) is 0.238. The van der Waals surface area contributed by atoms with Gasteiger partial charge in [-0.2, -0.15) is 0 Å². The van der Waals surface area contributed by atoms with Crippen LogP contribution in [0.15, 0.2) is 30.4 Å². The topological polar surface area (TPSA) is 66.0 Å². The van der Waals surface area contributed by atoms with E-state index in [1.165, 1.54) is 12.5 Å². The number of amides is 1. The molecule has 3 unspecified atom stereocenters. The van der Waals surface area contributed by atoms with Crippen molar-refractivity contribution in [3.05, 3.63) is 36.0 Å². The lowest BCUT2D eigenvalue weighted by Crippen LogP contribution is -2.55. The SMILES string of the molecule is Cc1cccc(NC(=S)NC(NC(=O)/C=C/C2CC(C)CC(C)C2)C(Cl)(Cl)Cl)n1. The number of halogens is 3. The van der Waals surface area contributed by atoms with Crippen LogP contribution in [0.3, 0.4) is 0 Å². The van der Waals surface area contributed by atoms with Crippen LogP contribution in [0.5, 0.6) is 0 Å². The number of aromatic nitrogens is 1. The zero-order chi connectivity index (χ0) is 21.6. The van der Waals surface area contributed by atoms with E-state index in [9.17, 15) is 4.79 Å². The van der Waals surface area contributed by atoms with Gasteiger partial charge >= 0.3 is 0 Å². The molecular weight excluding hydrogens is 451 g/mol. The minimum Gasteiger partial charge on any atom is -0.339 e. The summed E-state index contributed by atoms with van der Waals surface area (Å²) in [4.78, 5) is 16.7. The molecule has 29 heavy (non-hydrogen) atoms. The number of hydrogen-bond acceptors (Lipinski definition) is 3. The number of aryl methyl sites for hydroxylation is 1. The molecule has 0 radical (unpaired) electrons. The van der Waals surface area contributed by atoms with Crippen molar-refractivity contribution in [2.45, 2.75) is 50.0 Å². The van der Waals surface area contributed by atoms with Crippen molar-refractivity contribution < 1.29 is 4.79 Å². The molecule has 1 fully saturated rings. The summed E-state index contributed by atoms with van der Waals surface area (Å²) in [5.41, 5.74) is 0.834. The summed E-state index contributed by atoms with van der Waals surface area (Å²) in [5.74, 6) is 1.90.